The van der Waals surface area contributed by atoms with E-state index in [2.05, 4.69) is 4.72 Å². The van der Waals surface area contributed by atoms with Crippen LogP contribution < -0.4 is 4.72 Å². The van der Waals surface area contributed by atoms with Crippen LogP contribution in [-0.2, 0) is 23.2 Å². The molecule has 8 heteroatoms. The molecule has 7 nitrogen and oxygen atoms in total. The highest BCUT2D eigenvalue weighted by Crippen LogP contribution is 2.19. The smallest absolute Gasteiger partial charge is 0.273 e. The van der Waals surface area contributed by atoms with Crippen molar-refractivity contribution in [3.63, 3.8) is 0 Å². The Morgan fingerprint density at radius 2 is 1.64 bits per heavy atom. The van der Waals surface area contributed by atoms with E-state index < -0.39 is 21.6 Å². The average Bonchev–Trinajstić information content (AvgIpc) is 2.53. The summed E-state index contributed by atoms with van der Waals surface area (Å²) in [6.07, 6.45) is 0. The third kappa shape index (κ3) is 3.48. The van der Waals surface area contributed by atoms with Gasteiger partial charge < -0.3 is 5.11 Å². The Morgan fingerprint density at radius 1 is 1.05 bits per heavy atom. The Morgan fingerprint density at radius 3 is 2.27 bits per heavy atom. The van der Waals surface area contributed by atoms with Crippen LogP contribution in [-0.4, -0.2) is 18.4 Å². The Balaban J connectivity index is 2.26. The van der Waals surface area contributed by atoms with Gasteiger partial charge in [0.2, 0.25) is 10.0 Å². The van der Waals surface area contributed by atoms with Gasteiger partial charge in [0.05, 0.1) is 16.4 Å². The van der Waals surface area contributed by atoms with E-state index in [-0.39, 0.29) is 28.3 Å². The molecule has 0 radical (unpaired) electrons. The summed E-state index contributed by atoms with van der Waals surface area (Å²) in [5, 5.41) is 20.1. The average molecular weight is 322 g/mol. The molecule has 0 aliphatic rings. The van der Waals surface area contributed by atoms with E-state index in [0.29, 0.717) is 0 Å². The van der Waals surface area contributed by atoms with Gasteiger partial charge in [-0.1, -0.05) is 36.4 Å². The predicted octanol–water partition coefficient (Wildman–Crippen LogP) is 1.57. The molecule has 2 N–H and O–H groups in total. The van der Waals surface area contributed by atoms with E-state index in [4.69, 9.17) is 0 Å². The van der Waals surface area contributed by atoms with Crippen LogP contribution >= 0.6 is 0 Å². The minimum absolute atomic E-state index is 0.0453. The largest absolute Gasteiger partial charge is 0.392 e. The molecule has 0 atom stereocenters. The minimum atomic E-state index is -3.88. The molecule has 0 aliphatic carbocycles. The van der Waals surface area contributed by atoms with Gasteiger partial charge in [-0.15, -0.1) is 0 Å². The number of sulfonamides is 1. The minimum Gasteiger partial charge on any atom is -0.392 e. The molecule has 0 saturated carbocycles. The maximum atomic E-state index is 12.3. The molecule has 0 spiro atoms. The Hall–Kier alpha value is -2.29. The molecular formula is C14H14N2O5S. The first-order valence-electron chi connectivity index (χ1n) is 6.36. The molecule has 2 rings (SSSR count). The van der Waals surface area contributed by atoms with Crippen molar-refractivity contribution in [2.45, 2.75) is 18.0 Å². The second-order valence-electron chi connectivity index (χ2n) is 4.48. The van der Waals surface area contributed by atoms with Gasteiger partial charge in [-0.25, -0.2) is 13.1 Å². The highest BCUT2D eigenvalue weighted by atomic mass is 32.2. The van der Waals surface area contributed by atoms with Gasteiger partial charge in [0.25, 0.3) is 5.69 Å². The van der Waals surface area contributed by atoms with Gasteiger partial charge in [-0.05, 0) is 11.6 Å². The van der Waals surface area contributed by atoms with Crippen molar-refractivity contribution in [2.24, 2.45) is 0 Å². The predicted molar refractivity (Wildman–Crippen MR) is 79.5 cm³/mol. The zero-order chi connectivity index (χ0) is 16.2. The van der Waals surface area contributed by atoms with Crippen molar-refractivity contribution in [2.75, 3.05) is 0 Å². The van der Waals surface area contributed by atoms with Gasteiger partial charge in [-0.2, -0.15) is 0 Å². The SMILES string of the molecule is O=[N+]([O-])c1ccccc1CNS(=O)(=O)c1ccccc1CO. The standard InChI is InChI=1S/C14H14N2O5S/c17-10-12-6-2-4-8-14(12)22(20,21)15-9-11-5-1-3-7-13(11)16(18)19/h1-8,15,17H,9-10H2. The third-order valence-corrected chi connectivity index (χ3v) is 4.58. The summed E-state index contributed by atoms with van der Waals surface area (Å²) in [5.41, 5.74) is 0.371. The summed E-state index contributed by atoms with van der Waals surface area (Å²) >= 11 is 0. The van der Waals surface area contributed by atoms with Crippen LogP contribution in [0.25, 0.3) is 0 Å². The van der Waals surface area contributed by atoms with Crippen molar-refractivity contribution in [3.8, 4) is 0 Å². The molecule has 0 aromatic heterocycles. The third-order valence-electron chi connectivity index (χ3n) is 3.07. The van der Waals surface area contributed by atoms with E-state index in [0.717, 1.165) is 0 Å². The van der Waals surface area contributed by atoms with Gasteiger partial charge >= 0.3 is 0 Å². The number of nitrogens with one attached hydrogen (secondary N) is 1. The summed E-state index contributed by atoms with van der Waals surface area (Å²) in [6, 6.07) is 11.9. The lowest BCUT2D eigenvalue weighted by Crippen LogP contribution is -2.24. The lowest BCUT2D eigenvalue weighted by Gasteiger charge is -2.10. The van der Waals surface area contributed by atoms with Gasteiger partial charge in [0.15, 0.2) is 0 Å². The van der Waals surface area contributed by atoms with Crippen LogP contribution in [0.2, 0.25) is 0 Å². The van der Waals surface area contributed by atoms with Crippen LogP contribution in [0.1, 0.15) is 11.1 Å². The van der Waals surface area contributed by atoms with E-state index in [1.54, 1.807) is 18.2 Å². The van der Waals surface area contributed by atoms with Crippen LogP contribution in [0.15, 0.2) is 53.4 Å². The molecule has 2 aromatic carbocycles. The monoisotopic (exact) mass is 322 g/mol. The highest BCUT2D eigenvalue weighted by Gasteiger charge is 2.19. The number of nitro benzene ring substituents is 1. The maximum absolute atomic E-state index is 12.3. The number of rotatable bonds is 6. The summed E-state index contributed by atoms with van der Waals surface area (Å²) in [4.78, 5) is 10.3. The first-order valence-corrected chi connectivity index (χ1v) is 7.85. The van der Waals surface area contributed by atoms with Crippen molar-refractivity contribution in [1.29, 1.82) is 0 Å². The molecule has 116 valence electrons. The molecule has 0 amide bonds. The number of hydrogen-bond donors (Lipinski definition) is 2. The fourth-order valence-electron chi connectivity index (χ4n) is 1.99. The normalized spacial score (nSPS) is 11.3. The molecule has 0 saturated heterocycles. The molecule has 0 aliphatic heterocycles. The van der Waals surface area contributed by atoms with Crippen LogP contribution in [0.3, 0.4) is 0 Å². The number of benzene rings is 2. The van der Waals surface area contributed by atoms with E-state index in [1.807, 2.05) is 0 Å². The molecule has 22 heavy (non-hydrogen) atoms. The Labute approximate surface area is 127 Å². The summed E-state index contributed by atoms with van der Waals surface area (Å²) in [7, 11) is -3.88. The Bertz CT molecular complexity index is 789. The molecule has 0 unspecified atom stereocenters. The van der Waals surface area contributed by atoms with Crippen molar-refractivity contribution in [1.82, 2.24) is 4.72 Å². The fourth-order valence-corrected chi connectivity index (χ4v) is 3.22. The van der Waals surface area contributed by atoms with Crippen molar-refractivity contribution < 1.29 is 18.4 Å². The van der Waals surface area contributed by atoms with Crippen LogP contribution in [0.4, 0.5) is 5.69 Å². The number of hydrogen-bond acceptors (Lipinski definition) is 5. The van der Waals surface area contributed by atoms with E-state index >= 15 is 0 Å². The van der Waals surface area contributed by atoms with Crippen LogP contribution in [0.5, 0.6) is 0 Å². The quantitative estimate of drug-likeness (QED) is 0.619. The lowest BCUT2D eigenvalue weighted by atomic mass is 10.2. The number of aliphatic hydroxyl groups excluding tert-OH is 1. The molecule has 0 bridgehead atoms. The second-order valence-corrected chi connectivity index (χ2v) is 6.21. The first-order chi connectivity index (χ1) is 10.5. The summed E-state index contributed by atoms with van der Waals surface area (Å²) in [5.74, 6) is 0. The number of aliphatic hydroxyl groups is 1. The number of nitro groups is 1. The van der Waals surface area contributed by atoms with E-state index in [1.165, 1.54) is 30.3 Å². The molecule has 0 heterocycles. The highest BCUT2D eigenvalue weighted by molar-refractivity contribution is 7.89. The zero-order valence-corrected chi connectivity index (χ0v) is 12.3. The zero-order valence-electron chi connectivity index (χ0n) is 11.5. The topological polar surface area (TPSA) is 110 Å². The molecule has 0 fully saturated rings. The molecule has 2 aromatic rings. The van der Waals surface area contributed by atoms with Crippen molar-refractivity contribution >= 4 is 15.7 Å². The Kier molecular flexibility index (Phi) is 4.86. The lowest BCUT2D eigenvalue weighted by molar-refractivity contribution is -0.385. The van der Waals surface area contributed by atoms with Gasteiger partial charge in [-0.3, -0.25) is 10.1 Å². The maximum Gasteiger partial charge on any atom is 0.273 e. The van der Waals surface area contributed by atoms with E-state index in [9.17, 15) is 23.6 Å². The fraction of sp³-hybridized carbons (Fsp3) is 0.143. The summed E-state index contributed by atoms with van der Waals surface area (Å²) in [6.45, 7) is -0.623. The first kappa shape index (κ1) is 16.1. The number of para-hydroxylation sites is 1. The van der Waals surface area contributed by atoms with Gasteiger partial charge in [0.1, 0.15) is 0 Å². The number of nitrogens with zero attached hydrogens (tertiary/aromatic N) is 1. The van der Waals surface area contributed by atoms with Crippen molar-refractivity contribution in [3.05, 3.63) is 69.8 Å². The summed E-state index contributed by atoms with van der Waals surface area (Å²) < 4.78 is 26.9. The molecular weight excluding hydrogens is 308 g/mol. The van der Waals surface area contributed by atoms with Gasteiger partial charge in [0, 0.05) is 18.2 Å². The van der Waals surface area contributed by atoms with Crippen LogP contribution in [0, 0.1) is 10.1 Å². The second kappa shape index (κ2) is 6.65.